The number of guanidine groups is 1. The van der Waals surface area contributed by atoms with Gasteiger partial charge in [-0.05, 0) is 80.1 Å². The Bertz CT molecular complexity index is 1490. The van der Waals surface area contributed by atoms with Crippen LogP contribution >= 0.6 is 11.3 Å². The van der Waals surface area contributed by atoms with E-state index in [0.29, 0.717) is 11.1 Å². The van der Waals surface area contributed by atoms with E-state index in [0.717, 1.165) is 16.0 Å². The van der Waals surface area contributed by atoms with Crippen molar-refractivity contribution in [2.24, 2.45) is 0 Å². The van der Waals surface area contributed by atoms with Crippen molar-refractivity contribution in [2.75, 3.05) is 7.05 Å². The highest BCUT2D eigenvalue weighted by Crippen LogP contribution is 2.44. The van der Waals surface area contributed by atoms with Crippen LogP contribution in [0.25, 0.3) is 11.1 Å². The standard InChI is InChI=1S/C27H28N4O3S2/c1-26(2,3)36(33,34)21-11-9-18(10-12-21)23-24(32)31(5)25(29)30-27(23,4)22-14-20(16-35-22)19-8-6-7-17(13-19)15-28/h6-14,16,23H,1-5H3,(H2,29,30)/t23?,27-/m1/s1. The topological polar surface area (TPSA) is 114 Å². The number of rotatable bonds is 4. The average Bonchev–Trinajstić information content (AvgIpc) is 3.34. The SMILES string of the molecule is CN1C(=N)N[C@](C)(c2cc(-c3cccc(C#N)c3)cs2)C(c2ccc(S(=O)(=O)C(C)(C)C)cc2)C1=O. The van der Waals surface area contributed by atoms with E-state index in [-0.39, 0.29) is 16.8 Å². The molecular weight excluding hydrogens is 492 g/mol. The number of thiophene rings is 1. The van der Waals surface area contributed by atoms with Gasteiger partial charge in [0.2, 0.25) is 5.91 Å². The van der Waals surface area contributed by atoms with E-state index in [1.165, 1.54) is 16.2 Å². The van der Waals surface area contributed by atoms with Crippen molar-refractivity contribution in [3.63, 3.8) is 0 Å². The summed E-state index contributed by atoms with van der Waals surface area (Å²) >= 11 is 1.47. The van der Waals surface area contributed by atoms with Crippen molar-refractivity contribution in [3.05, 3.63) is 76.0 Å². The predicted molar refractivity (Wildman–Crippen MR) is 142 cm³/mol. The highest BCUT2D eigenvalue weighted by molar-refractivity contribution is 7.92. The van der Waals surface area contributed by atoms with Crippen LogP contribution in [0.5, 0.6) is 0 Å². The van der Waals surface area contributed by atoms with Gasteiger partial charge in [0, 0.05) is 11.9 Å². The van der Waals surface area contributed by atoms with Crippen molar-refractivity contribution in [2.45, 2.75) is 48.8 Å². The van der Waals surface area contributed by atoms with Crippen LogP contribution in [0.2, 0.25) is 0 Å². The smallest absolute Gasteiger partial charge is 0.239 e. The number of benzene rings is 2. The Balaban J connectivity index is 1.79. The van der Waals surface area contributed by atoms with Crippen LogP contribution in [0.4, 0.5) is 0 Å². The lowest BCUT2D eigenvalue weighted by Crippen LogP contribution is -2.62. The number of carbonyl (C=O) groups excluding carboxylic acids is 1. The molecule has 2 heterocycles. The molecule has 7 nitrogen and oxygen atoms in total. The van der Waals surface area contributed by atoms with Gasteiger partial charge >= 0.3 is 0 Å². The summed E-state index contributed by atoms with van der Waals surface area (Å²) in [6.45, 7) is 6.85. The maximum Gasteiger partial charge on any atom is 0.239 e. The lowest BCUT2D eigenvalue weighted by molar-refractivity contribution is -0.131. The molecule has 0 aliphatic carbocycles. The number of nitrogens with zero attached hydrogens (tertiary/aromatic N) is 2. The molecule has 0 saturated carbocycles. The third kappa shape index (κ3) is 4.21. The number of nitriles is 1. The Morgan fingerprint density at radius 3 is 2.39 bits per heavy atom. The van der Waals surface area contributed by atoms with Gasteiger partial charge in [0.1, 0.15) is 0 Å². The summed E-state index contributed by atoms with van der Waals surface area (Å²) in [5.74, 6) is -0.957. The molecule has 36 heavy (non-hydrogen) atoms. The third-order valence-corrected chi connectivity index (χ3v) is 10.3. The van der Waals surface area contributed by atoms with Crippen molar-refractivity contribution in [1.29, 1.82) is 10.7 Å². The van der Waals surface area contributed by atoms with Crippen LogP contribution in [0.3, 0.4) is 0 Å². The molecule has 1 unspecified atom stereocenters. The molecule has 2 aromatic carbocycles. The molecule has 1 fully saturated rings. The van der Waals surface area contributed by atoms with E-state index in [9.17, 15) is 18.5 Å². The fraction of sp³-hybridized carbons (Fsp3) is 0.296. The lowest BCUT2D eigenvalue weighted by atomic mass is 9.76. The second kappa shape index (κ2) is 8.87. The van der Waals surface area contributed by atoms with Gasteiger partial charge in [-0.15, -0.1) is 11.3 Å². The Hall–Kier alpha value is -3.48. The fourth-order valence-corrected chi connectivity index (χ4v) is 6.62. The van der Waals surface area contributed by atoms with Gasteiger partial charge in [-0.25, -0.2) is 8.42 Å². The lowest BCUT2D eigenvalue weighted by Gasteiger charge is -2.45. The summed E-state index contributed by atoms with van der Waals surface area (Å²) in [4.78, 5) is 15.8. The number of amides is 1. The number of nitrogens with one attached hydrogen (secondary N) is 2. The van der Waals surface area contributed by atoms with Crippen molar-refractivity contribution in [1.82, 2.24) is 10.2 Å². The van der Waals surface area contributed by atoms with E-state index in [1.807, 2.05) is 36.6 Å². The van der Waals surface area contributed by atoms with E-state index in [4.69, 9.17) is 5.41 Å². The first-order valence-electron chi connectivity index (χ1n) is 11.4. The van der Waals surface area contributed by atoms with Crippen LogP contribution < -0.4 is 5.32 Å². The fourth-order valence-electron chi connectivity index (χ4n) is 4.35. The first kappa shape index (κ1) is 25.6. The number of sulfone groups is 1. The molecule has 1 amide bonds. The van der Waals surface area contributed by atoms with Gasteiger partial charge < -0.3 is 5.32 Å². The van der Waals surface area contributed by atoms with Crippen LogP contribution in [0.1, 0.15) is 49.6 Å². The molecule has 0 bridgehead atoms. The van der Waals surface area contributed by atoms with E-state index in [2.05, 4.69) is 11.4 Å². The Morgan fingerprint density at radius 2 is 1.78 bits per heavy atom. The molecule has 1 aliphatic rings. The van der Waals surface area contributed by atoms with Crippen molar-refractivity contribution < 1.29 is 13.2 Å². The van der Waals surface area contributed by atoms with Gasteiger partial charge in [0.15, 0.2) is 15.8 Å². The van der Waals surface area contributed by atoms with Crippen LogP contribution in [0.15, 0.2) is 64.9 Å². The zero-order valence-corrected chi connectivity index (χ0v) is 22.4. The molecule has 9 heteroatoms. The molecule has 0 radical (unpaired) electrons. The van der Waals surface area contributed by atoms with Crippen LogP contribution in [-0.2, 0) is 20.2 Å². The zero-order chi connectivity index (χ0) is 26.5. The molecule has 2 atom stereocenters. The van der Waals surface area contributed by atoms with Gasteiger partial charge in [-0.1, -0.05) is 24.3 Å². The van der Waals surface area contributed by atoms with E-state index >= 15 is 0 Å². The van der Waals surface area contributed by atoms with Gasteiger partial charge in [-0.3, -0.25) is 15.1 Å². The minimum Gasteiger partial charge on any atom is -0.345 e. The second-order valence-corrected chi connectivity index (χ2v) is 13.7. The number of hydrogen-bond donors (Lipinski definition) is 2. The first-order chi connectivity index (χ1) is 16.8. The van der Waals surface area contributed by atoms with Crippen molar-refractivity contribution in [3.8, 4) is 17.2 Å². The molecule has 3 aromatic rings. The summed E-state index contributed by atoms with van der Waals surface area (Å²) in [6.07, 6.45) is 0. The van der Waals surface area contributed by atoms with Crippen LogP contribution in [0, 0.1) is 16.7 Å². The summed E-state index contributed by atoms with van der Waals surface area (Å²) in [7, 11) is -1.99. The zero-order valence-electron chi connectivity index (χ0n) is 20.8. The first-order valence-corrected chi connectivity index (χ1v) is 13.7. The third-order valence-electron chi connectivity index (χ3n) is 6.63. The highest BCUT2D eigenvalue weighted by atomic mass is 32.2. The number of likely N-dealkylation sites (N-methyl/N-ethyl adjacent to an activating group) is 1. The number of carbonyl (C=O) groups is 1. The molecule has 186 valence electrons. The quantitative estimate of drug-likeness (QED) is 0.510. The maximum atomic E-state index is 13.5. The maximum absolute atomic E-state index is 13.5. The normalized spacial score (nSPS) is 20.7. The van der Waals surface area contributed by atoms with Gasteiger partial charge in [0.25, 0.3) is 0 Å². The monoisotopic (exact) mass is 520 g/mol. The average molecular weight is 521 g/mol. The molecular formula is C27H28N4O3S2. The molecule has 1 saturated heterocycles. The van der Waals surface area contributed by atoms with Gasteiger partial charge in [-0.2, -0.15) is 5.26 Å². The Labute approximate surface area is 215 Å². The molecule has 1 aliphatic heterocycles. The van der Waals surface area contributed by atoms with E-state index < -0.39 is 26.0 Å². The minimum absolute atomic E-state index is 0.00731. The number of hydrogen-bond acceptors (Lipinski definition) is 6. The van der Waals surface area contributed by atoms with Crippen LogP contribution in [-0.4, -0.2) is 37.0 Å². The summed E-state index contributed by atoms with van der Waals surface area (Å²) < 4.78 is 24.8. The Morgan fingerprint density at radius 1 is 1.11 bits per heavy atom. The van der Waals surface area contributed by atoms with Crippen molar-refractivity contribution >= 4 is 33.0 Å². The van der Waals surface area contributed by atoms with E-state index in [1.54, 1.807) is 58.2 Å². The molecule has 2 N–H and O–H groups in total. The molecule has 0 spiro atoms. The highest BCUT2D eigenvalue weighted by Gasteiger charge is 2.49. The second-order valence-electron chi connectivity index (χ2n) is 10.1. The van der Waals surface area contributed by atoms with Gasteiger partial charge in [0.05, 0.1) is 32.7 Å². The summed E-state index contributed by atoms with van der Waals surface area (Å²) in [5.41, 5.74) is 2.08. The largest absolute Gasteiger partial charge is 0.345 e. The summed E-state index contributed by atoms with van der Waals surface area (Å²) in [6, 6.07) is 17.9. The predicted octanol–water partition coefficient (Wildman–Crippen LogP) is 4.85. The molecule has 1 aromatic heterocycles. The minimum atomic E-state index is -3.54. The Kier molecular flexibility index (Phi) is 6.31. The summed E-state index contributed by atoms with van der Waals surface area (Å²) in [5, 5.41) is 22.8. The molecule has 4 rings (SSSR count).